The highest BCUT2D eigenvalue weighted by atomic mass is 19.1. The quantitative estimate of drug-likeness (QED) is 0.529. The Kier molecular flexibility index (Phi) is 5.34. The van der Waals surface area contributed by atoms with Gasteiger partial charge in [-0.15, -0.1) is 0 Å². The lowest BCUT2D eigenvalue weighted by Gasteiger charge is -2.10. The van der Waals surface area contributed by atoms with Crippen LogP contribution in [0.2, 0.25) is 0 Å². The molecule has 0 aliphatic heterocycles. The van der Waals surface area contributed by atoms with Crippen LogP contribution in [0, 0.1) is 11.6 Å². The Morgan fingerprint density at radius 2 is 1.67 bits per heavy atom. The highest BCUT2D eigenvalue weighted by Gasteiger charge is 2.21. The SMILES string of the molecule is Cn1nc(-c2ccc(F)cc2)c(-c2ccncc2)c1NC(=O)Cc1ccccc1F. The Morgan fingerprint density at radius 1 is 0.967 bits per heavy atom. The van der Waals surface area contributed by atoms with Gasteiger partial charge in [0.05, 0.1) is 12.0 Å². The predicted molar refractivity (Wildman–Crippen MR) is 111 cm³/mol. The maximum absolute atomic E-state index is 13.9. The summed E-state index contributed by atoms with van der Waals surface area (Å²) in [6, 6.07) is 15.7. The van der Waals surface area contributed by atoms with Gasteiger partial charge in [0.2, 0.25) is 5.91 Å². The normalized spacial score (nSPS) is 10.8. The predicted octanol–water partition coefficient (Wildman–Crippen LogP) is 4.61. The molecule has 2 aromatic heterocycles. The number of carbonyl (C=O) groups excluding carboxylic acids is 1. The van der Waals surface area contributed by atoms with E-state index in [2.05, 4.69) is 15.4 Å². The molecule has 0 aliphatic carbocycles. The molecule has 5 nitrogen and oxygen atoms in total. The fourth-order valence-electron chi connectivity index (χ4n) is 3.26. The van der Waals surface area contributed by atoms with Crippen molar-refractivity contribution in [1.29, 1.82) is 0 Å². The number of aryl methyl sites for hydroxylation is 1. The Morgan fingerprint density at radius 3 is 2.37 bits per heavy atom. The van der Waals surface area contributed by atoms with Gasteiger partial charge in [-0.05, 0) is 53.6 Å². The Bertz CT molecular complexity index is 1190. The summed E-state index contributed by atoms with van der Waals surface area (Å²) in [5.41, 5.74) is 3.06. The highest BCUT2D eigenvalue weighted by molar-refractivity contribution is 5.99. The summed E-state index contributed by atoms with van der Waals surface area (Å²) >= 11 is 0. The molecule has 2 heterocycles. The van der Waals surface area contributed by atoms with E-state index in [1.807, 2.05) is 0 Å². The lowest BCUT2D eigenvalue weighted by atomic mass is 10.0. The van der Waals surface area contributed by atoms with Crippen molar-refractivity contribution in [2.75, 3.05) is 5.32 Å². The van der Waals surface area contributed by atoms with Gasteiger partial charge in [0.15, 0.2) is 0 Å². The minimum Gasteiger partial charge on any atom is -0.310 e. The lowest BCUT2D eigenvalue weighted by molar-refractivity contribution is -0.115. The van der Waals surface area contributed by atoms with Crippen LogP contribution in [0.25, 0.3) is 22.4 Å². The van der Waals surface area contributed by atoms with E-state index >= 15 is 0 Å². The van der Waals surface area contributed by atoms with E-state index in [-0.39, 0.29) is 18.1 Å². The van der Waals surface area contributed by atoms with Crippen LogP contribution >= 0.6 is 0 Å². The largest absolute Gasteiger partial charge is 0.310 e. The van der Waals surface area contributed by atoms with Crippen molar-refractivity contribution in [3.05, 3.63) is 90.3 Å². The first kappa shape index (κ1) is 19.4. The van der Waals surface area contributed by atoms with Crippen LogP contribution in [0.3, 0.4) is 0 Å². The van der Waals surface area contributed by atoms with E-state index in [0.29, 0.717) is 28.2 Å². The van der Waals surface area contributed by atoms with E-state index in [1.54, 1.807) is 66.6 Å². The summed E-state index contributed by atoms with van der Waals surface area (Å²) in [5, 5.41) is 7.40. The number of halogens is 2. The monoisotopic (exact) mass is 404 g/mol. The molecule has 0 radical (unpaired) electrons. The van der Waals surface area contributed by atoms with Gasteiger partial charge in [0.1, 0.15) is 23.1 Å². The summed E-state index contributed by atoms with van der Waals surface area (Å²) in [6.07, 6.45) is 3.17. The second-order valence-electron chi connectivity index (χ2n) is 6.75. The molecule has 0 spiro atoms. The standard InChI is InChI=1S/C23H18F2N4O/c1-29-23(27-20(30)14-17-4-2-3-5-19(17)25)21(15-10-12-26-13-11-15)22(28-29)16-6-8-18(24)9-7-16/h2-13H,14H2,1H3,(H,27,30). The zero-order valence-corrected chi connectivity index (χ0v) is 16.1. The number of pyridine rings is 1. The number of rotatable bonds is 5. The van der Waals surface area contributed by atoms with E-state index in [9.17, 15) is 13.6 Å². The molecule has 0 saturated heterocycles. The Hall–Kier alpha value is -3.87. The molecule has 0 aliphatic rings. The van der Waals surface area contributed by atoms with Crippen LogP contribution < -0.4 is 5.32 Å². The molecular weight excluding hydrogens is 386 g/mol. The third-order valence-electron chi connectivity index (χ3n) is 4.70. The van der Waals surface area contributed by atoms with Crippen LogP contribution in [-0.4, -0.2) is 20.7 Å². The molecular formula is C23H18F2N4O. The number of nitrogens with zero attached hydrogens (tertiary/aromatic N) is 3. The van der Waals surface area contributed by atoms with Gasteiger partial charge in [-0.1, -0.05) is 18.2 Å². The molecule has 0 unspecified atom stereocenters. The van der Waals surface area contributed by atoms with Crippen molar-refractivity contribution in [3.8, 4) is 22.4 Å². The maximum atomic E-state index is 13.9. The van der Waals surface area contributed by atoms with E-state index in [4.69, 9.17) is 0 Å². The topological polar surface area (TPSA) is 59.8 Å². The van der Waals surface area contributed by atoms with Gasteiger partial charge in [0, 0.05) is 25.0 Å². The fraction of sp³-hybridized carbons (Fsp3) is 0.0870. The number of hydrogen-bond donors (Lipinski definition) is 1. The lowest BCUT2D eigenvalue weighted by Crippen LogP contribution is -2.17. The second-order valence-corrected chi connectivity index (χ2v) is 6.75. The van der Waals surface area contributed by atoms with Crippen molar-refractivity contribution in [2.45, 2.75) is 6.42 Å². The van der Waals surface area contributed by atoms with Gasteiger partial charge in [-0.2, -0.15) is 5.10 Å². The molecule has 30 heavy (non-hydrogen) atoms. The first-order valence-corrected chi connectivity index (χ1v) is 9.29. The molecule has 0 bridgehead atoms. The van der Waals surface area contributed by atoms with Gasteiger partial charge >= 0.3 is 0 Å². The molecule has 0 saturated carbocycles. The minimum atomic E-state index is -0.431. The van der Waals surface area contributed by atoms with Gasteiger partial charge in [0.25, 0.3) is 0 Å². The molecule has 0 fully saturated rings. The number of nitrogens with one attached hydrogen (secondary N) is 1. The van der Waals surface area contributed by atoms with Gasteiger partial charge < -0.3 is 5.32 Å². The van der Waals surface area contributed by atoms with Crippen molar-refractivity contribution < 1.29 is 13.6 Å². The van der Waals surface area contributed by atoms with Crippen LogP contribution in [0.15, 0.2) is 73.1 Å². The highest BCUT2D eigenvalue weighted by Crippen LogP contribution is 2.37. The van der Waals surface area contributed by atoms with Crippen molar-refractivity contribution >= 4 is 11.7 Å². The summed E-state index contributed by atoms with van der Waals surface area (Å²) in [5.74, 6) is -0.691. The van der Waals surface area contributed by atoms with Crippen molar-refractivity contribution in [2.24, 2.45) is 7.05 Å². The zero-order chi connectivity index (χ0) is 21.1. The van der Waals surface area contributed by atoms with Gasteiger partial charge in [-0.3, -0.25) is 14.5 Å². The van der Waals surface area contributed by atoms with Crippen molar-refractivity contribution in [3.63, 3.8) is 0 Å². The van der Waals surface area contributed by atoms with Crippen LogP contribution in [0.5, 0.6) is 0 Å². The fourth-order valence-corrected chi connectivity index (χ4v) is 3.26. The number of amides is 1. The average Bonchev–Trinajstić information content (AvgIpc) is 3.07. The minimum absolute atomic E-state index is 0.112. The number of hydrogen-bond acceptors (Lipinski definition) is 3. The number of benzene rings is 2. The molecule has 7 heteroatoms. The molecule has 1 amide bonds. The number of aromatic nitrogens is 3. The molecule has 4 aromatic rings. The Labute approximate surface area is 172 Å². The smallest absolute Gasteiger partial charge is 0.230 e. The van der Waals surface area contributed by atoms with Crippen LogP contribution in [0.1, 0.15) is 5.56 Å². The number of carbonyl (C=O) groups is 1. The van der Waals surface area contributed by atoms with Gasteiger partial charge in [-0.25, -0.2) is 8.78 Å². The maximum Gasteiger partial charge on any atom is 0.230 e. The molecule has 2 aromatic carbocycles. The molecule has 0 atom stereocenters. The zero-order valence-electron chi connectivity index (χ0n) is 16.1. The molecule has 150 valence electrons. The Balaban J connectivity index is 1.75. The number of anilines is 1. The summed E-state index contributed by atoms with van der Waals surface area (Å²) in [6.45, 7) is 0. The third-order valence-corrected chi connectivity index (χ3v) is 4.70. The van der Waals surface area contributed by atoms with Crippen LogP contribution in [0.4, 0.5) is 14.6 Å². The summed E-state index contributed by atoms with van der Waals surface area (Å²) in [7, 11) is 1.70. The van der Waals surface area contributed by atoms with E-state index < -0.39 is 5.82 Å². The van der Waals surface area contributed by atoms with E-state index in [1.165, 1.54) is 18.2 Å². The first-order valence-electron chi connectivity index (χ1n) is 9.29. The van der Waals surface area contributed by atoms with Crippen molar-refractivity contribution in [1.82, 2.24) is 14.8 Å². The average molecular weight is 404 g/mol. The third kappa shape index (κ3) is 3.96. The second kappa shape index (κ2) is 8.24. The first-order chi connectivity index (χ1) is 14.5. The summed E-state index contributed by atoms with van der Waals surface area (Å²) in [4.78, 5) is 16.7. The molecule has 4 rings (SSSR count). The summed E-state index contributed by atoms with van der Waals surface area (Å²) < 4.78 is 28.9. The van der Waals surface area contributed by atoms with E-state index in [0.717, 1.165) is 5.56 Å². The molecule has 1 N–H and O–H groups in total. The van der Waals surface area contributed by atoms with Crippen LogP contribution in [-0.2, 0) is 18.3 Å².